The lowest BCUT2D eigenvalue weighted by atomic mass is 9.62. The Balaban J connectivity index is 0.630. The van der Waals surface area contributed by atoms with Crippen molar-refractivity contribution in [2.75, 3.05) is 6.54 Å². The lowest BCUT2D eigenvalue weighted by Gasteiger charge is -2.50. The topological polar surface area (TPSA) is 21.8 Å². The predicted octanol–water partition coefficient (Wildman–Crippen LogP) is 18.1. The van der Waals surface area contributed by atoms with E-state index in [0.717, 1.165) is 136 Å². The van der Waals surface area contributed by atoms with E-state index in [-0.39, 0.29) is 0 Å². The molecule has 5 heteroatoms. The molecule has 11 saturated carbocycles. The Kier molecular flexibility index (Phi) is 17.9. The number of piperidine rings is 1. The summed E-state index contributed by atoms with van der Waals surface area (Å²) in [6.07, 6.45) is 72.6. The quantitative estimate of drug-likeness (QED) is 0.222. The minimum absolute atomic E-state index is 0.801. The van der Waals surface area contributed by atoms with Crippen molar-refractivity contribution in [3.8, 4) is 0 Å². The number of rotatable bonds is 11. The van der Waals surface area contributed by atoms with Gasteiger partial charge in [-0.2, -0.15) is 0 Å². The highest BCUT2D eigenvalue weighted by atomic mass is 32.2. The molecular formula is C71H120N4S. The van der Waals surface area contributed by atoms with E-state index in [1.807, 2.05) is 0 Å². The van der Waals surface area contributed by atoms with Gasteiger partial charge in [-0.25, -0.2) is 0 Å². The Hall–Kier alpha value is 0.190. The third-order valence-electron chi connectivity index (χ3n) is 28.3. The van der Waals surface area contributed by atoms with Crippen LogP contribution < -0.4 is 5.32 Å². The highest BCUT2D eigenvalue weighted by molar-refractivity contribution is 8.00. The van der Waals surface area contributed by atoms with E-state index in [0.29, 0.717) is 0 Å². The standard InChI is InChI=1S/C71H120N4S/c1-5-15-56(16-6-1)73(57-17-7-2-8-18-57)60-37-31-51(32-38-60)54-35-43-67-65(47-54)66-48-55(52-33-39-61(40-34-52)74(58-19-9-3-10-20-58)59-21-11-4-12-22-59)36-44-68(66)75(67)62-41-29-50(30-42-62)49-25-27-53(28-26-49)63-45-46-72-71-70(63)64-23-13-14-24-69(64)76-71/h49-72H,1-48H2. The van der Waals surface area contributed by atoms with Crippen LogP contribution in [0.2, 0.25) is 0 Å². The van der Waals surface area contributed by atoms with Gasteiger partial charge in [0.05, 0.1) is 5.37 Å². The van der Waals surface area contributed by atoms with E-state index in [2.05, 4.69) is 31.8 Å². The minimum atomic E-state index is 0.801. The number of nitrogens with zero attached hydrogens (tertiary/aromatic N) is 3. The van der Waals surface area contributed by atoms with Crippen molar-refractivity contribution in [2.24, 2.45) is 71.0 Å². The first-order valence-corrected chi connectivity index (χ1v) is 37.3. The van der Waals surface area contributed by atoms with E-state index in [4.69, 9.17) is 0 Å². The van der Waals surface area contributed by atoms with E-state index in [1.165, 1.54) is 161 Å². The summed E-state index contributed by atoms with van der Waals surface area (Å²) in [6, 6.07) is 8.33. The molecule has 0 aromatic heterocycles. The normalized spacial score (nSPS) is 47.1. The molecule has 0 aromatic carbocycles. The van der Waals surface area contributed by atoms with Crippen molar-refractivity contribution >= 4 is 11.8 Å². The molecule has 0 amide bonds. The van der Waals surface area contributed by atoms with Crippen molar-refractivity contribution in [2.45, 2.75) is 367 Å². The van der Waals surface area contributed by atoms with Crippen LogP contribution in [0.1, 0.15) is 302 Å². The lowest BCUT2D eigenvalue weighted by molar-refractivity contribution is 0.00145. The van der Waals surface area contributed by atoms with Crippen LogP contribution in [0.15, 0.2) is 0 Å². The van der Waals surface area contributed by atoms with Gasteiger partial charge in [0.25, 0.3) is 0 Å². The molecule has 3 heterocycles. The Morgan fingerprint density at radius 1 is 0.289 bits per heavy atom. The summed E-state index contributed by atoms with van der Waals surface area (Å²) in [4.78, 5) is 9.99. The molecule has 0 spiro atoms. The molecular weight excluding hydrogens is 941 g/mol. The summed E-state index contributed by atoms with van der Waals surface area (Å²) >= 11 is 2.41. The molecule has 11 atom stereocenters. The molecule has 0 bridgehead atoms. The van der Waals surface area contributed by atoms with Crippen LogP contribution in [0.5, 0.6) is 0 Å². The number of likely N-dealkylation sites (tertiary alicyclic amines) is 1. The van der Waals surface area contributed by atoms with Gasteiger partial charge < -0.3 is 5.32 Å². The van der Waals surface area contributed by atoms with Gasteiger partial charge in [0, 0.05) is 59.6 Å². The van der Waals surface area contributed by atoms with Crippen molar-refractivity contribution in [3.05, 3.63) is 0 Å². The average Bonchev–Trinajstić information content (AvgIpc) is 4.06. The van der Waals surface area contributed by atoms with Gasteiger partial charge in [0.1, 0.15) is 0 Å². The number of nitrogens with one attached hydrogen (secondary N) is 1. The van der Waals surface area contributed by atoms with Gasteiger partial charge in [0.2, 0.25) is 0 Å². The second kappa shape index (κ2) is 25.2. The van der Waals surface area contributed by atoms with Crippen LogP contribution in [-0.4, -0.2) is 86.2 Å². The van der Waals surface area contributed by atoms with Gasteiger partial charge in [0.15, 0.2) is 0 Å². The smallest absolute Gasteiger partial charge is 0.0569 e. The van der Waals surface area contributed by atoms with Gasteiger partial charge in [-0.15, -0.1) is 11.8 Å². The maximum atomic E-state index is 4.07. The molecule has 3 saturated heterocycles. The van der Waals surface area contributed by atoms with E-state index >= 15 is 0 Å². The van der Waals surface area contributed by atoms with Gasteiger partial charge in [-0.05, 0) is 289 Å². The highest BCUT2D eigenvalue weighted by Crippen LogP contribution is 2.60. The second-order valence-electron chi connectivity index (χ2n) is 31.5. The summed E-state index contributed by atoms with van der Waals surface area (Å²) in [5, 5.41) is 5.86. The molecule has 3 aliphatic heterocycles. The Morgan fingerprint density at radius 3 is 1.13 bits per heavy atom. The van der Waals surface area contributed by atoms with Crippen molar-refractivity contribution < 1.29 is 0 Å². The Labute approximate surface area is 473 Å². The monoisotopic (exact) mass is 1060 g/mol. The molecule has 4 nitrogen and oxygen atoms in total. The van der Waals surface area contributed by atoms with Gasteiger partial charge in [-0.3, -0.25) is 14.7 Å². The van der Waals surface area contributed by atoms with Crippen LogP contribution >= 0.6 is 11.8 Å². The summed E-state index contributed by atoms with van der Waals surface area (Å²) < 4.78 is 0. The van der Waals surface area contributed by atoms with E-state index in [9.17, 15) is 0 Å². The first-order chi connectivity index (χ1) is 37.7. The van der Waals surface area contributed by atoms with Gasteiger partial charge in [-0.1, -0.05) is 89.9 Å². The fourth-order valence-corrected chi connectivity index (χ4v) is 26.8. The molecule has 14 fully saturated rings. The predicted molar refractivity (Wildman–Crippen MR) is 322 cm³/mol. The zero-order valence-electron chi connectivity index (χ0n) is 49.5. The summed E-state index contributed by atoms with van der Waals surface area (Å²) in [7, 11) is 0. The van der Waals surface area contributed by atoms with Crippen LogP contribution in [0, 0.1) is 71.0 Å². The second-order valence-corrected chi connectivity index (χ2v) is 32.9. The van der Waals surface area contributed by atoms with Crippen molar-refractivity contribution in [3.63, 3.8) is 0 Å². The van der Waals surface area contributed by atoms with Crippen molar-refractivity contribution in [1.29, 1.82) is 0 Å². The number of hydrogen-bond acceptors (Lipinski definition) is 5. The largest absolute Gasteiger partial charge is 0.305 e. The SMILES string of the molecule is C1CCC(N(C2CCCCC2)C2CCC(C3CCC4C(C3)C3CC(C5CCC(N(C6CCCCC6)C6CCCCC6)CC5)CCC3N4C3CCC(C4CCC(C5CCNC6SC7CCCCC7C65)CC4)CC3)CC2)CC1. The number of hydrogen-bond donors (Lipinski definition) is 1. The highest BCUT2D eigenvalue weighted by Gasteiger charge is 2.57. The van der Waals surface area contributed by atoms with E-state index < -0.39 is 0 Å². The van der Waals surface area contributed by atoms with Gasteiger partial charge >= 0.3 is 0 Å². The fourth-order valence-electron chi connectivity index (χ4n) is 24.8. The molecule has 11 unspecified atom stereocenters. The molecule has 14 aliphatic rings. The summed E-state index contributed by atoms with van der Waals surface area (Å²) in [5.41, 5.74) is 0. The molecule has 1 N–H and O–H groups in total. The average molecular weight is 1060 g/mol. The van der Waals surface area contributed by atoms with Crippen LogP contribution in [-0.2, 0) is 0 Å². The maximum Gasteiger partial charge on any atom is 0.0569 e. The molecule has 0 radical (unpaired) electrons. The minimum Gasteiger partial charge on any atom is -0.305 e. The zero-order chi connectivity index (χ0) is 50.4. The fraction of sp³-hybridized carbons (Fsp3) is 1.00. The van der Waals surface area contributed by atoms with E-state index in [1.54, 1.807) is 148 Å². The summed E-state index contributed by atoms with van der Waals surface area (Å²) in [6.45, 7) is 1.31. The Bertz CT molecular complexity index is 1650. The maximum absolute atomic E-state index is 4.07. The van der Waals surface area contributed by atoms with Crippen molar-refractivity contribution in [1.82, 2.24) is 20.0 Å². The molecule has 14 rings (SSSR count). The third-order valence-corrected chi connectivity index (χ3v) is 30.0. The van der Waals surface area contributed by atoms with Crippen LogP contribution in [0.25, 0.3) is 0 Å². The third kappa shape index (κ3) is 11.3. The number of thioether (sulfide) groups is 1. The lowest BCUT2D eigenvalue weighted by Crippen LogP contribution is -2.52. The zero-order valence-corrected chi connectivity index (χ0v) is 50.3. The molecule has 430 valence electrons. The molecule has 0 aromatic rings. The summed E-state index contributed by atoms with van der Waals surface area (Å²) in [5.74, 6) is 12.5. The van der Waals surface area contributed by atoms with Crippen LogP contribution in [0.4, 0.5) is 0 Å². The Morgan fingerprint density at radius 2 is 0.658 bits per heavy atom. The van der Waals surface area contributed by atoms with Crippen LogP contribution in [0.3, 0.4) is 0 Å². The molecule has 11 aliphatic carbocycles. The number of fused-ring (bicyclic) bond motifs is 6. The first kappa shape index (κ1) is 54.1. The first-order valence-electron chi connectivity index (χ1n) is 36.4. The molecule has 76 heavy (non-hydrogen) atoms.